The second-order valence-corrected chi connectivity index (χ2v) is 10.6. The van der Waals surface area contributed by atoms with Gasteiger partial charge in [0, 0.05) is 38.7 Å². The van der Waals surface area contributed by atoms with Crippen molar-refractivity contribution in [3.63, 3.8) is 0 Å². The maximum absolute atomic E-state index is 13.3. The van der Waals surface area contributed by atoms with Crippen LogP contribution in [0.2, 0.25) is 0 Å². The molecule has 38 heavy (non-hydrogen) atoms. The lowest BCUT2D eigenvalue weighted by Crippen LogP contribution is -2.74. The van der Waals surface area contributed by atoms with Gasteiger partial charge in [-0.05, 0) is 44.1 Å². The highest BCUT2D eigenvalue weighted by atomic mass is 16.6. The van der Waals surface area contributed by atoms with E-state index in [2.05, 4.69) is 4.90 Å². The molecule has 5 rings (SSSR count). The standard InChI is InChI=1S/C26H34N4O8/c1-28-10-9-25-20-14-5-6-16(36-4)21(20)38-22(25)17(7-8-26(25,35)18(28)11-14)37-24(34)30(3)15(12-27)23(33)29(2)13-19(31)32/h5-7,15,18,22,35H,8-13,27H2,1-4H3,(H,31,32)/t15-,18+,22-,25-,26+/m0/s1. The second kappa shape index (κ2) is 9.14. The van der Waals surface area contributed by atoms with Gasteiger partial charge in [0.2, 0.25) is 5.91 Å². The molecule has 1 spiro atoms. The highest BCUT2D eigenvalue weighted by molar-refractivity contribution is 5.88. The summed E-state index contributed by atoms with van der Waals surface area (Å²) in [7, 11) is 6.28. The zero-order valence-corrected chi connectivity index (χ0v) is 22.0. The van der Waals surface area contributed by atoms with Crippen LogP contribution in [0.5, 0.6) is 11.5 Å². The Bertz CT molecular complexity index is 1220. The SMILES string of the molecule is COc1ccc2c3c1O[C@H]1C(OC(=O)N(C)[C@@H](CN)C(=O)N(C)CC(=O)O)=CC[C@@]4(O)[C@@H](C2)N(C)CC[C@]314. The fourth-order valence-electron chi connectivity index (χ4n) is 6.85. The molecule has 1 fully saturated rings. The van der Waals surface area contributed by atoms with Crippen LogP contribution in [0.4, 0.5) is 4.79 Å². The number of nitrogens with two attached hydrogens (primary N) is 1. The highest BCUT2D eigenvalue weighted by Gasteiger charge is 2.72. The van der Waals surface area contributed by atoms with Gasteiger partial charge in [-0.25, -0.2) is 4.79 Å². The number of carboxylic acid groups (broad SMARTS) is 1. The number of piperidine rings is 1. The summed E-state index contributed by atoms with van der Waals surface area (Å²) in [5.41, 5.74) is 5.79. The van der Waals surface area contributed by atoms with Crippen molar-refractivity contribution in [1.29, 1.82) is 0 Å². The molecule has 2 amide bonds. The van der Waals surface area contributed by atoms with Crippen LogP contribution in [-0.4, -0.2) is 115 Å². The molecule has 2 aliphatic carbocycles. The predicted octanol–water partition coefficient (Wildman–Crippen LogP) is -0.0884. The Balaban J connectivity index is 1.47. The van der Waals surface area contributed by atoms with Crippen LogP contribution in [0.3, 0.4) is 0 Å². The van der Waals surface area contributed by atoms with E-state index >= 15 is 0 Å². The third-order valence-electron chi connectivity index (χ3n) is 8.78. The maximum Gasteiger partial charge on any atom is 0.415 e. The minimum Gasteiger partial charge on any atom is -0.493 e. The number of ether oxygens (including phenoxy) is 3. The summed E-state index contributed by atoms with van der Waals surface area (Å²) in [6.07, 6.45) is 1.58. The fraction of sp³-hybridized carbons (Fsp3) is 0.577. The quantitative estimate of drug-likeness (QED) is 0.436. The number of likely N-dealkylation sites (N-methyl/N-ethyl adjacent to an activating group) is 3. The molecule has 1 saturated heterocycles. The number of carboxylic acids is 1. The molecule has 5 atom stereocenters. The van der Waals surface area contributed by atoms with E-state index in [1.807, 2.05) is 19.2 Å². The van der Waals surface area contributed by atoms with E-state index in [0.29, 0.717) is 24.3 Å². The molecular formula is C26H34N4O8. The maximum atomic E-state index is 13.3. The molecule has 4 N–H and O–H groups in total. The van der Waals surface area contributed by atoms with Gasteiger partial charge in [-0.2, -0.15) is 0 Å². The van der Waals surface area contributed by atoms with Gasteiger partial charge in [0.05, 0.1) is 18.1 Å². The van der Waals surface area contributed by atoms with Gasteiger partial charge in [0.15, 0.2) is 17.6 Å². The fourth-order valence-corrected chi connectivity index (χ4v) is 6.85. The zero-order chi connectivity index (χ0) is 27.6. The van der Waals surface area contributed by atoms with E-state index in [1.165, 1.54) is 14.1 Å². The molecule has 12 nitrogen and oxygen atoms in total. The minimum atomic E-state index is -1.18. The van der Waals surface area contributed by atoms with Gasteiger partial charge in [0.1, 0.15) is 18.3 Å². The predicted molar refractivity (Wildman–Crippen MR) is 134 cm³/mol. The minimum absolute atomic E-state index is 0.144. The Hall–Kier alpha value is -3.35. The monoisotopic (exact) mass is 530 g/mol. The molecule has 206 valence electrons. The molecule has 0 aromatic heterocycles. The Morgan fingerprint density at radius 2 is 2.05 bits per heavy atom. The molecule has 0 saturated carbocycles. The summed E-state index contributed by atoms with van der Waals surface area (Å²) in [5.74, 6) is -0.450. The summed E-state index contributed by atoms with van der Waals surface area (Å²) in [5, 5.41) is 21.3. The van der Waals surface area contributed by atoms with Crippen LogP contribution in [0.25, 0.3) is 0 Å². The number of hydrogen-bond acceptors (Lipinski definition) is 9. The Labute approximate surface area is 220 Å². The number of hydrogen-bond donors (Lipinski definition) is 3. The van der Waals surface area contributed by atoms with E-state index in [-0.39, 0.29) is 24.8 Å². The summed E-state index contributed by atoms with van der Waals surface area (Å²) in [6, 6.07) is 2.60. The van der Waals surface area contributed by atoms with Crippen LogP contribution >= 0.6 is 0 Å². The molecule has 0 unspecified atom stereocenters. The molecule has 1 aromatic carbocycles. The first-order valence-electron chi connectivity index (χ1n) is 12.6. The number of methoxy groups -OCH3 is 1. The van der Waals surface area contributed by atoms with Crippen molar-refractivity contribution < 1.29 is 38.8 Å². The largest absolute Gasteiger partial charge is 0.493 e. The summed E-state index contributed by atoms with van der Waals surface area (Å²) < 4.78 is 17.9. The molecule has 0 radical (unpaired) electrons. The van der Waals surface area contributed by atoms with Crippen molar-refractivity contribution >= 4 is 18.0 Å². The first kappa shape index (κ1) is 26.3. The highest BCUT2D eigenvalue weighted by Crippen LogP contribution is 2.65. The van der Waals surface area contributed by atoms with Gasteiger partial charge in [-0.3, -0.25) is 14.5 Å². The number of likely N-dealkylation sites (tertiary alicyclic amines) is 1. The van der Waals surface area contributed by atoms with Crippen molar-refractivity contribution in [3.8, 4) is 11.5 Å². The lowest BCUT2D eigenvalue weighted by atomic mass is 9.50. The molecule has 12 heteroatoms. The van der Waals surface area contributed by atoms with Gasteiger partial charge in [-0.1, -0.05) is 6.07 Å². The number of aliphatic carboxylic acids is 1. The molecule has 1 aromatic rings. The summed E-state index contributed by atoms with van der Waals surface area (Å²) >= 11 is 0. The Morgan fingerprint density at radius 3 is 2.71 bits per heavy atom. The van der Waals surface area contributed by atoms with Gasteiger partial charge in [0.25, 0.3) is 0 Å². The van der Waals surface area contributed by atoms with Crippen molar-refractivity contribution in [2.45, 2.75) is 48.5 Å². The van der Waals surface area contributed by atoms with E-state index < -0.39 is 47.7 Å². The lowest BCUT2D eigenvalue weighted by molar-refractivity contribution is -0.163. The van der Waals surface area contributed by atoms with Crippen molar-refractivity contribution in [2.24, 2.45) is 5.73 Å². The topological polar surface area (TPSA) is 155 Å². The average molecular weight is 531 g/mol. The smallest absolute Gasteiger partial charge is 0.415 e. The van der Waals surface area contributed by atoms with Crippen molar-refractivity contribution in [1.82, 2.24) is 14.7 Å². The summed E-state index contributed by atoms with van der Waals surface area (Å²) in [6.45, 7) is -0.0286. The van der Waals surface area contributed by atoms with Gasteiger partial charge >= 0.3 is 12.1 Å². The van der Waals surface area contributed by atoms with Crippen LogP contribution in [0.15, 0.2) is 24.0 Å². The summed E-state index contributed by atoms with van der Waals surface area (Å²) in [4.78, 5) is 41.3. The van der Waals surface area contributed by atoms with Gasteiger partial charge in [-0.15, -0.1) is 0 Å². The molecule has 2 aliphatic heterocycles. The third kappa shape index (κ3) is 3.50. The van der Waals surface area contributed by atoms with E-state index in [0.717, 1.165) is 27.5 Å². The average Bonchev–Trinajstić information content (AvgIpc) is 3.23. The number of benzene rings is 1. The second-order valence-electron chi connectivity index (χ2n) is 10.6. The molecule has 2 bridgehead atoms. The van der Waals surface area contributed by atoms with E-state index in [1.54, 1.807) is 13.2 Å². The van der Waals surface area contributed by atoms with Crippen LogP contribution in [-0.2, 0) is 26.2 Å². The first-order valence-corrected chi connectivity index (χ1v) is 12.6. The number of aliphatic hydroxyl groups is 1. The number of amides is 2. The van der Waals surface area contributed by atoms with E-state index in [4.69, 9.17) is 25.1 Å². The Morgan fingerprint density at radius 1 is 1.32 bits per heavy atom. The van der Waals surface area contributed by atoms with Crippen molar-refractivity contribution in [2.75, 3.05) is 47.9 Å². The van der Waals surface area contributed by atoms with Crippen LogP contribution in [0, 0.1) is 0 Å². The third-order valence-corrected chi connectivity index (χ3v) is 8.78. The molecular weight excluding hydrogens is 496 g/mol. The van der Waals surface area contributed by atoms with Gasteiger partial charge < -0.3 is 40.0 Å². The molecule has 2 heterocycles. The number of nitrogens with zero attached hydrogens (tertiary/aromatic N) is 3. The molecule has 4 aliphatic rings. The van der Waals surface area contributed by atoms with Crippen LogP contribution in [0.1, 0.15) is 24.0 Å². The first-order chi connectivity index (χ1) is 18.0. The zero-order valence-electron chi connectivity index (χ0n) is 22.0. The normalized spacial score (nSPS) is 29.4. The van der Waals surface area contributed by atoms with Crippen molar-refractivity contribution in [3.05, 3.63) is 35.1 Å². The number of rotatable bonds is 7. The number of carbonyl (C=O) groups excluding carboxylic acids is 2. The number of carbonyl (C=O) groups is 3. The van der Waals surface area contributed by atoms with E-state index in [9.17, 15) is 19.5 Å². The Kier molecular flexibility index (Phi) is 6.32. The van der Waals surface area contributed by atoms with Crippen LogP contribution < -0.4 is 15.2 Å². The lowest BCUT2D eigenvalue weighted by Gasteiger charge is -2.61.